The van der Waals surface area contributed by atoms with Crippen LogP contribution < -0.4 is 87.4 Å². The van der Waals surface area contributed by atoms with Crippen molar-refractivity contribution < 1.29 is 109 Å². The second-order valence-electron chi connectivity index (χ2n) is 37.3. The van der Waals surface area contributed by atoms with Crippen LogP contribution in [0.25, 0.3) is 5.32 Å². The molecule has 8 aliphatic heterocycles. The Morgan fingerprint density at radius 1 is 0.446 bits per heavy atom. The van der Waals surface area contributed by atoms with Gasteiger partial charge in [-0.1, -0.05) is 108 Å². The van der Waals surface area contributed by atoms with Gasteiger partial charge in [0.15, 0.2) is 23.0 Å². The summed E-state index contributed by atoms with van der Waals surface area (Å²) in [6.45, 7) is 25.9. The van der Waals surface area contributed by atoms with Crippen molar-refractivity contribution >= 4 is 120 Å². The van der Waals surface area contributed by atoms with Crippen molar-refractivity contribution in [3.05, 3.63) is 276 Å². The van der Waals surface area contributed by atoms with Crippen LogP contribution in [0.3, 0.4) is 0 Å². The molecule has 0 aromatic heterocycles. The quantitative estimate of drug-likeness (QED) is 0.0163. The molecule has 0 saturated carbocycles. The van der Waals surface area contributed by atoms with Gasteiger partial charge in [0.2, 0.25) is 0 Å². The summed E-state index contributed by atoms with van der Waals surface area (Å²) < 4.78 is 86.8. The normalized spacial score (nSPS) is 16.5. The average Bonchev–Trinajstić information content (AvgIpc) is 1.63. The van der Waals surface area contributed by atoms with Gasteiger partial charge in [-0.25, -0.2) is 0 Å². The average molecular weight is 1970 g/mol. The predicted octanol–water partition coefficient (Wildman–Crippen LogP) is 17.2. The molecule has 0 fully saturated rings. The summed E-state index contributed by atoms with van der Waals surface area (Å²) in [6, 6.07) is 61.0. The number of fused-ring (bicyclic) bond motifs is 16. The monoisotopic (exact) mass is 1970 g/mol. The van der Waals surface area contributed by atoms with Gasteiger partial charge in [0.05, 0.1) is 71.2 Å². The van der Waals surface area contributed by atoms with E-state index < -0.39 is 10.6 Å². The molecule has 726 valence electrons. The molecule has 4 atom stereocenters. The molecule has 10 aromatic carbocycles. The molecule has 30 heteroatoms. The van der Waals surface area contributed by atoms with E-state index in [-0.39, 0.29) is 100 Å². The van der Waals surface area contributed by atoms with Crippen molar-refractivity contribution in [2.75, 3.05) is 135 Å². The van der Waals surface area contributed by atoms with Crippen molar-refractivity contribution in [1.29, 1.82) is 0 Å². The maximum Gasteiger partial charge on any atom is 1.00 e. The molecule has 8 heterocycles. The standard InChI is InChI=1S/C55H62N4O7S2.C54H62N4O7S.Na.O3S/c1-7-19-63-21-22-64-20-18-57(35-55(3,4)68-67-6)43-25-37(33-65-50-29-39-16-17-42-27-40-12-8-10-14-48(40)58(42)53(60)45(39)23-36(50)2)24-38(26-43)34-66-52-31-47-46(30-51(52)62-5)54(61)59-44(32-56-47)28-41-13-9-11-15-49(41)59;1-6-18-62-20-21-63-19-17-56(34-54(3,4)66)42-24-36(32-64-49-28-38-15-16-41-26-39-11-7-9-13-47(39)57(41)52(59)44(38)22-35(49)2)23-37(25-42)33-65-51-30-46-45(29-50(51)61-5)53(60)58-43(31-55-46)27-40-12-8-10-14-48(40)58;;1-4(2)3/h8-15,23-26,29-32,42,44H,7,16-22,27-28,33-35H2,1-6H3;7-14,22-25,28-30,41,43H,6,15-21,26-27,31-34H2,1-5H3,(H2,55,60,66);;/q;;+1;/p-1/t42-,44+;41-,43+;;/m11../s1. The van der Waals surface area contributed by atoms with Gasteiger partial charge in [-0.3, -0.25) is 29.1 Å². The van der Waals surface area contributed by atoms with Crippen LogP contribution in [0.1, 0.15) is 175 Å². The topological polar surface area (TPSA) is 258 Å². The number of carbonyl (C=O) groups is 4. The summed E-state index contributed by atoms with van der Waals surface area (Å²) in [7, 11) is 3.69. The molecular formula is C109H123N8NaO17S4. The molecule has 0 saturated heterocycles. The van der Waals surface area contributed by atoms with E-state index in [9.17, 15) is 19.2 Å². The molecule has 25 nitrogen and oxygen atoms in total. The Balaban J connectivity index is 0.000000201. The fourth-order valence-electron chi connectivity index (χ4n) is 19.8. The molecule has 10 aromatic rings. The van der Waals surface area contributed by atoms with E-state index in [4.69, 9.17) is 82.9 Å². The molecule has 139 heavy (non-hydrogen) atoms. The molecular weight excluding hydrogens is 1840 g/mol. The van der Waals surface area contributed by atoms with Crippen molar-refractivity contribution in [3.8, 4) is 34.5 Å². The van der Waals surface area contributed by atoms with Crippen LogP contribution in [0, 0.1) is 13.8 Å². The number of carbonyl (C=O) groups excluding carboxylic acids is 4. The smallest absolute Gasteiger partial charge is 0.682 e. The Bertz CT molecular complexity index is 6270. The first kappa shape index (κ1) is 103. The molecule has 18 rings (SSSR count). The number of thiol groups is 1. The summed E-state index contributed by atoms with van der Waals surface area (Å²) in [5, 5.41) is 4.95. The number of benzene rings is 10. The zero-order valence-electron chi connectivity index (χ0n) is 81.5. The van der Waals surface area contributed by atoms with Crippen LogP contribution in [-0.2, 0) is 94.5 Å². The Labute approximate surface area is 853 Å². The zero-order valence-corrected chi connectivity index (χ0v) is 86.8. The number of hydrogen-bond donors (Lipinski definition) is 1. The number of aryl methyl sites for hydroxylation is 4. The predicted molar refractivity (Wildman–Crippen MR) is 550 cm³/mol. The second kappa shape index (κ2) is 46.9. The van der Waals surface area contributed by atoms with Crippen LogP contribution >= 0.6 is 34.2 Å². The minimum absolute atomic E-state index is 0. The minimum atomic E-state index is -3.11. The van der Waals surface area contributed by atoms with Crippen LogP contribution in [0.15, 0.2) is 187 Å². The number of ether oxygens (including phenoxy) is 10. The van der Waals surface area contributed by atoms with Crippen LogP contribution in [0.2, 0.25) is 0 Å². The third-order valence-corrected chi connectivity index (χ3v) is 28.8. The van der Waals surface area contributed by atoms with Gasteiger partial charge in [-0.15, -0.1) is 24.9 Å². The molecule has 0 aliphatic carbocycles. The molecule has 0 radical (unpaired) electrons. The first-order chi connectivity index (χ1) is 66.7. The maximum absolute atomic E-state index is 14.2. The number of methoxy groups -OCH3 is 2. The largest absolute Gasteiger partial charge is 1.00 e. The number of rotatable bonds is 38. The van der Waals surface area contributed by atoms with E-state index in [1.807, 2.05) is 123 Å². The third kappa shape index (κ3) is 24.6. The molecule has 8 aliphatic rings. The number of hydrogen-bond acceptors (Lipinski definition) is 23. The van der Waals surface area contributed by atoms with E-state index in [1.165, 1.54) is 11.1 Å². The first-order valence-electron chi connectivity index (χ1n) is 47.6. The van der Waals surface area contributed by atoms with E-state index in [0.717, 1.165) is 190 Å². The fraction of sp³-hybridized carbons (Fsp3) is 0.404. The summed E-state index contributed by atoms with van der Waals surface area (Å²) in [5.74, 6) is 3.37. The number of aliphatic imine (C=N–C) groups is 1. The van der Waals surface area contributed by atoms with E-state index in [2.05, 4.69) is 155 Å². The van der Waals surface area contributed by atoms with E-state index in [0.29, 0.717) is 131 Å². The number of amides is 4. The molecule has 0 N–H and O–H groups in total. The second-order valence-corrected chi connectivity index (χ2v) is 42.1. The molecule has 0 spiro atoms. The SMILES string of the molecule is CCCOCCOCCN(CC(C)(C)S)c1cc(COc2cc3c(cc2C)C(=O)N2c4ccccc4C[C@H]2CC3)cc(COc2cc3c(cc2OC)C(=O)N2c4ccccc4C[C@H]2C[N-]3)c1.CCCOCCOCCN(CC(C)(C)SSC)c1cc(COc2cc3c(cc2C)C(=O)N2c4ccccc4C[C@H]2CC3)cc(COc2cc3c(cc2OC)C(=O)N2c4ccccc4C[C@H]2C=N3)c1.O=S(=O)=O.[Na+]. The first-order valence-corrected chi connectivity index (χ1v) is 51.6. The fourth-order valence-corrected chi connectivity index (χ4v) is 22.2. The van der Waals surface area contributed by atoms with Gasteiger partial charge in [-0.2, -0.15) is 12.6 Å². The van der Waals surface area contributed by atoms with Gasteiger partial charge in [0.25, 0.3) is 23.6 Å². The molecule has 0 bridgehead atoms. The number of para-hydroxylation sites is 4. The Kier molecular flexibility index (Phi) is 34.7. The van der Waals surface area contributed by atoms with Crippen LogP contribution in [0.4, 0.5) is 45.5 Å². The van der Waals surface area contributed by atoms with Crippen molar-refractivity contribution in [2.45, 2.75) is 180 Å². The number of nitrogens with zero attached hydrogens (tertiary/aromatic N) is 8. The Hall–Kier alpha value is -10.5. The van der Waals surface area contributed by atoms with Crippen molar-refractivity contribution in [1.82, 2.24) is 0 Å². The zero-order chi connectivity index (χ0) is 96.9. The number of anilines is 6. The van der Waals surface area contributed by atoms with Gasteiger partial charge >= 0.3 is 40.2 Å². The van der Waals surface area contributed by atoms with Crippen molar-refractivity contribution in [3.63, 3.8) is 0 Å². The van der Waals surface area contributed by atoms with Gasteiger partial charge < -0.3 is 77.2 Å². The maximum atomic E-state index is 14.2. The van der Waals surface area contributed by atoms with Gasteiger partial charge in [0.1, 0.15) is 37.9 Å². The Morgan fingerprint density at radius 3 is 1.28 bits per heavy atom. The van der Waals surface area contributed by atoms with E-state index in [1.54, 1.807) is 37.1 Å². The summed E-state index contributed by atoms with van der Waals surface area (Å²) in [4.78, 5) is 73.8. The van der Waals surface area contributed by atoms with Crippen LogP contribution in [-0.4, -0.2) is 182 Å². The van der Waals surface area contributed by atoms with Gasteiger partial charge in [0, 0.05) is 137 Å². The third-order valence-electron chi connectivity index (χ3n) is 26.0. The molecule has 0 unspecified atom stereocenters. The minimum Gasteiger partial charge on any atom is -0.682 e. The molecule has 4 amide bonds. The Morgan fingerprint density at radius 2 is 0.835 bits per heavy atom. The van der Waals surface area contributed by atoms with Crippen molar-refractivity contribution in [2.24, 2.45) is 4.99 Å². The summed E-state index contributed by atoms with van der Waals surface area (Å²) >= 11 is 4.96. The summed E-state index contributed by atoms with van der Waals surface area (Å²) in [6.07, 6.45) is 12.6. The van der Waals surface area contributed by atoms with Gasteiger partial charge in [-0.05, 0) is 275 Å². The summed E-state index contributed by atoms with van der Waals surface area (Å²) in [5.41, 5.74) is 22.0. The van der Waals surface area contributed by atoms with Crippen LogP contribution in [0.5, 0.6) is 34.5 Å². The van der Waals surface area contributed by atoms with E-state index >= 15 is 0 Å².